The lowest BCUT2D eigenvalue weighted by Crippen LogP contribution is -2.34. The van der Waals surface area contributed by atoms with Crippen molar-refractivity contribution in [1.29, 1.82) is 0 Å². The summed E-state index contributed by atoms with van der Waals surface area (Å²) >= 11 is 0. The average molecular weight is 265 g/mol. The van der Waals surface area contributed by atoms with Crippen LogP contribution in [-0.4, -0.2) is 50.4 Å². The molecule has 0 aromatic carbocycles. The van der Waals surface area contributed by atoms with E-state index >= 15 is 0 Å². The van der Waals surface area contributed by atoms with Crippen molar-refractivity contribution in [1.82, 2.24) is 20.2 Å². The van der Waals surface area contributed by atoms with Crippen molar-refractivity contribution in [3.63, 3.8) is 0 Å². The molecule has 9 heteroatoms. The number of aromatic nitrogens is 4. The van der Waals surface area contributed by atoms with E-state index in [2.05, 4.69) is 30.8 Å². The molecule has 0 saturated heterocycles. The van der Waals surface area contributed by atoms with Crippen molar-refractivity contribution in [2.45, 2.75) is 13.0 Å². The van der Waals surface area contributed by atoms with E-state index in [4.69, 9.17) is 5.73 Å². The SMILES string of the molecule is CCNc1nc(NCC(O)C(N)=O)c2cn[nH]c2n1. The molecule has 2 aromatic rings. The summed E-state index contributed by atoms with van der Waals surface area (Å²) in [6, 6.07) is 0. The van der Waals surface area contributed by atoms with Gasteiger partial charge in [0.25, 0.3) is 0 Å². The molecule has 19 heavy (non-hydrogen) atoms. The molecule has 1 atom stereocenters. The van der Waals surface area contributed by atoms with Gasteiger partial charge in [0, 0.05) is 6.54 Å². The normalized spacial score (nSPS) is 12.3. The number of aliphatic hydroxyl groups is 1. The van der Waals surface area contributed by atoms with Gasteiger partial charge in [0.15, 0.2) is 5.65 Å². The van der Waals surface area contributed by atoms with Crippen LogP contribution in [0.25, 0.3) is 11.0 Å². The van der Waals surface area contributed by atoms with Gasteiger partial charge in [-0.05, 0) is 6.92 Å². The summed E-state index contributed by atoms with van der Waals surface area (Å²) in [6.45, 7) is 2.56. The smallest absolute Gasteiger partial charge is 0.248 e. The molecule has 9 nitrogen and oxygen atoms in total. The number of nitrogens with zero attached hydrogens (tertiary/aromatic N) is 3. The lowest BCUT2D eigenvalue weighted by Gasteiger charge is -2.10. The standard InChI is InChI=1S/C10H15N7O2/c1-2-12-10-15-8(13-4-6(18)7(11)19)5-3-14-17-9(5)16-10/h3,6,18H,2,4H2,1H3,(H2,11,19)(H3,12,13,14,15,16,17). The molecular weight excluding hydrogens is 250 g/mol. The van der Waals surface area contributed by atoms with Gasteiger partial charge in [-0.2, -0.15) is 15.1 Å². The van der Waals surface area contributed by atoms with E-state index in [-0.39, 0.29) is 6.54 Å². The first-order valence-electron chi connectivity index (χ1n) is 5.78. The maximum Gasteiger partial charge on any atom is 0.248 e. The minimum absolute atomic E-state index is 0.0296. The van der Waals surface area contributed by atoms with Gasteiger partial charge in [-0.25, -0.2) is 0 Å². The highest BCUT2D eigenvalue weighted by Gasteiger charge is 2.13. The van der Waals surface area contributed by atoms with E-state index in [1.165, 1.54) is 0 Å². The minimum atomic E-state index is -1.28. The van der Waals surface area contributed by atoms with Gasteiger partial charge in [0.05, 0.1) is 18.1 Å². The molecule has 102 valence electrons. The Hall–Kier alpha value is -2.42. The molecule has 0 saturated carbocycles. The van der Waals surface area contributed by atoms with Crippen LogP contribution in [0.3, 0.4) is 0 Å². The monoisotopic (exact) mass is 265 g/mol. The Morgan fingerprint density at radius 3 is 3.00 bits per heavy atom. The molecule has 0 fully saturated rings. The number of hydrogen-bond acceptors (Lipinski definition) is 7. The number of H-pyrrole nitrogens is 1. The number of carbonyl (C=O) groups excluding carboxylic acids is 1. The van der Waals surface area contributed by atoms with Gasteiger partial charge in [0.2, 0.25) is 11.9 Å². The highest BCUT2D eigenvalue weighted by molar-refractivity contribution is 5.87. The Morgan fingerprint density at radius 1 is 1.53 bits per heavy atom. The molecule has 0 aliphatic heterocycles. The second-order valence-electron chi connectivity index (χ2n) is 3.86. The van der Waals surface area contributed by atoms with Gasteiger partial charge >= 0.3 is 0 Å². The molecule has 2 rings (SSSR count). The zero-order valence-corrected chi connectivity index (χ0v) is 10.3. The number of fused-ring (bicyclic) bond motifs is 1. The van der Waals surface area contributed by atoms with Crippen molar-refractivity contribution >= 4 is 28.7 Å². The summed E-state index contributed by atoms with van der Waals surface area (Å²) in [5.41, 5.74) is 5.54. The average Bonchev–Trinajstić information content (AvgIpc) is 2.84. The maximum atomic E-state index is 10.8. The summed E-state index contributed by atoms with van der Waals surface area (Å²) in [7, 11) is 0. The predicted molar refractivity (Wildman–Crippen MR) is 69.5 cm³/mol. The van der Waals surface area contributed by atoms with Crippen LogP contribution in [0.1, 0.15) is 6.92 Å². The molecular formula is C10H15N7O2. The summed E-state index contributed by atoms with van der Waals surface area (Å²) in [5, 5.41) is 22.5. The van der Waals surface area contributed by atoms with Crippen molar-refractivity contribution in [2.24, 2.45) is 5.73 Å². The fourth-order valence-electron chi connectivity index (χ4n) is 1.50. The number of hydrogen-bond donors (Lipinski definition) is 5. The van der Waals surface area contributed by atoms with Crippen LogP contribution >= 0.6 is 0 Å². The number of anilines is 2. The molecule has 2 aromatic heterocycles. The molecule has 0 spiro atoms. The Morgan fingerprint density at radius 2 is 2.32 bits per heavy atom. The van der Waals surface area contributed by atoms with E-state index in [9.17, 15) is 9.90 Å². The van der Waals surface area contributed by atoms with E-state index in [0.29, 0.717) is 29.3 Å². The van der Waals surface area contributed by atoms with Crippen molar-refractivity contribution in [3.8, 4) is 0 Å². The van der Waals surface area contributed by atoms with Crippen molar-refractivity contribution < 1.29 is 9.90 Å². The fraction of sp³-hybridized carbons (Fsp3) is 0.400. The first-order valence-corrected chi connectivity index (χ1v) is 5.78. The van der Waals surface area contributed by atoms with Gasteiger partial charge in [-0.1, -0.05) is 0 Å². The highest BCUT2D eigenvalue weighted by atomic mass is 16.3. The maximum absolute atomic E-state index is 10.8. The van der Waals surface area contributed by atoms with Crippen molar-refractivity contribution in [2.75, 3.05) is 23.7 Å². The number of carbonyl (C=O) groups is 1. The van der Waals surface area contributed by atoms with Gasteiger partial charge in [-0.15, -0.1) is 0 Å². The Balaban J connectivity index is 2.24. The van der Waals surface area contributed by atoms with E-state index < -0.39 is 12.0 Å². The summed E-state index contributed by atoms with van der Waals surface area (Å²) in [4.78, 5) is 19.2. The number of rotatable bonds is 6. The third-order valence-electron chi connectivity index (χ3n) is 2.44. The topological polar surface area (TPSA) is 142 Å². The Labute approximate surface area is 108 Å². The second kappa shape index (κ2) is 5.48. The molecule has 0 aliphatic carbocycles. The highest BCUT2D eigenvalue weighted by Crippen LogP contribution is 2.19. The number of nitrogens with two attached hydrogens (primary N) is 1. The quantitative estimate of drug-likeness (QED) is 0.453. The number of amides is 1. The van der Waals surface area contributed by atoms with Crippen LogP contribution < -0.4 is 16.4 Å². The number of nitrogens with one attached hydrogen (secondary N) is 3. The minimum Gasteiger partial charge on any atom is -0.381 e. The van der Waals surface area contributed by atoms with Crippen LogP contribution in [0.2, 0.25) is 0 Å². The largest absolute Gasteiger partial charge is 0.381 e. The van der Waals surface area contributed by atoms with Crippen LogP contribution in [0.5, 0.6) is 0 Å². The molecule has 0 bridgehead atoms. The summed E-state index contributed by atoms with van der Waals surface area (Å²) in [5.74, 6) is 0.0993. The first kappa shape index (κ1) is 13.0. The Kier molecular flexibility index (Phi) is 3.76. The van der Waals surface area contributed by atoms with Crippen LogP contribution in [0.15, 0.2) is 6.20 Å². The summed E-state index contributed by atoms with van der Waals surface area (Å²) in [6.07, 6.45) is 0.281. The van der Waals surface area contributed by atoms with E-state index in [1.807, 2.05) is 6.92 Å². The van der Waals surface area contributed by atoms with Crippen molar-refractivity contribution in [3.05, 3.63) is 6.20 Å². The molecule has 2 heterocycles. The van der Waals surface area contributed by atoms with Crippen LogP contribution in [0, 0.1) is 0 Å². The Bertz CT molecular complexity index is 582. The molecule has 0 aliphatic rings. The van der Waals surface area contributed by atoms with E-state index in [0.717, 1.165) is 0 Å². The molecule has 1 amide bonds. The third kappa shape index (κ3) is 2.88. The lowest BCUT2D eigenvalue weighted by atomic mass is 10.3. The zero-order valence-electron chi connectivity index (χ0n) is 10.3. The van der Waals surface area contributed by atoms with Crippen LogP contribution in [-0.2, 0) is 4.79 Å². The summed E-state index contributed by atoms with van der Waals surface area (Å²) < 4.78 is 0. The van der Waals surface area contributed by atoms with Gasteiger partial charge in [-0.3, -0.25) is 9.89 Å². The second-order valence-corrected chi connectivity index (χ2v) is 3.86. The van der Waals surface area contributed by atoms with Gasteiger partial charge < -0.3 is 21.5 Å². The molecule has 1 unspecified atom stereocenters. The third-order valence-corrected chi connectivity index (χ3v) is 2.44. The first-order chi connectivity index (χ1) is 9.11. The predicted octanol–water partition coefficient (Wildman–Crippen LogP) is -0.957. The fourth-order valence-corrected chi connectivity index (χ4v) is 1.50. The number of primary amides is 1. The van der Waals surface area contributed by atoms with Crippen LogP contribution in [0.4, 0.5) is 11.8 Å². The lowest BCUT2D eigenvalue weighted by molar-refractivity contribution is -0.125. The number of aliphatic hydroxyl groups excluding tert-OH is 1. The zero-order chi connectivity index (χ0) is 13.8. The molecule has 6 N–H and O–H groups in total. The van der Waals surface area contributed by atoms with E-state index in [1.54, 1.807) is 6.20 Å². The van der Waals surface area contributed by atoms with Gasteiger partial charge in [0.1, 0.15) is 11.9 Å². The number of aromatic amines is 1. The molecule has 0 radical (unpaired) electrons.